The van der Waals surface area contributed by atoms with Gasteiger partial charge >= 0.3 is 0 Å². The van der Waals surface area contributed by atoms with Crippen LogP contribution in [0.1, 0.15) is 36.6 Å². The second-order valence-electron chi connectivity index (χ2n) is 5.61. The molecule has 0 saturated heterocycles. The Balaban J connectivity index is 2.04. The van der Waals surface area contributed by atoms with E-state index in [1.807, 2.05) is 31.2 Å². The molecule has 0 saturated carbocycles. The molecule has 0 aliphatic carbocycles. The molecule has 122 valence electrons. The van der Waals surface area contributed by atoms with Gasteiger partial charge in [0, 0.05) is 0 Å². The molecule has 3 nitrogen and oxygen atoms in total. The largest absolute Gasteiger partial charge is 0.492 e. The number of nitrogens with one attached hydrogen (secondary N) is 2. The lowest BCUT2D eigenvalue weighted by Crippen LogP contribution is -2.31. The third-order valence-corrected chi connectivity index (χ3v) is 3.89. The molecule has 23 heavy (non-hydrogen) atoms. The highest BCUT2D eigenvalue weighted by molar-refractivity contribution is 7.80. The van der Waals surface area contributed by atoms with Crippen molar-refractivity contribution in [2.24, 2.45) is 0 Å². The van der Waals surface area contributed by atoms with E-state index in [2.05, 4.69) is 49.6 Å². The second-order valence-corrected chi connectivity index (χ2v) is 6.02. The van der Waals surface area contributed by atoms with Gasteiger partial charge in [-0.05, 0) is 63.2 Å². The fourth-order valence-electron chi connectivity index (χ4n) is 2.60. The molecule has 0 bridgehead atoms. The lowest BCUT2D eigenvalue weighted by molar-refractivity contribution is 0.342. The zero-order chi connectivity index (χ0) is 16.8. The zero-order valence-corrected chi connectivity index (χ0v) is 15.0. The van der Waals surface area contributed by atoms with Gasteiger partial charge < -0.3 is 15.4 Å². The molecule has 4 heteroatoms. The van der Waals surface area contributed by atoms with Crippen molar-refractivity contribution in [3.63, 3.8) is 0 Å². The van der Waals surface area contributed by atoms with Crippen LogP contribution in [0, 0.1) is 13.8 Å². The fourth-order valence-corrected chi connectivity index (χ4v) is 2.88. The Kier molecular flexibility index (Phi) is 5.99. The Bertz CT molecular complexity index is 685. The van der Waals surface area contributed by atoms with Gasteiger partial charge in [-0.2, -0.15) is 0 Å². The standard InChI is InChI=1S/C19H24N2OS/c1-5-22-18-9-7-6-8-17(18)21-19(23)20-15(4)16-11-10-13(2)12-14(16)3/h6-12,15H,5H2,1-4H3,(H2,20,21,23). The van der Waals surface area contributed by atoms with Crippen molar-refractivity contribution in [1.29, 1.82) is 0 Å². The van der Waals surface area contributed by atoms with Crippen LogP contribution in [0.25, 0.3) is 0 Å². The number of para-hydroxylation sites is 2. The quantitative estimate of drug-likeness (QED) is 0.776. The second kappa shape index (κ2) is 7.97. The number of rotatable bonds is 5. The maximum Gasteiger partial charge on any atom is 0.171 e. The molecule has 0 spiro atoms. The Hall–Kier alpha value is -2.07. The summed E-state index contributed by atoms with van der Waals surface area (Å²) < 4.78 is 5.61. The van der Waals surface area contributed by atoms with E-state index in [4.69, 9.17) is 17.0 Å². The molecule has 0 aliphatic rings. The lowest BCUT2D eigenvalue weighted by Gasteiger charge is -2.20. The average Bonchev–Trinajstić information content (AvgIpc) is 2.49. The van der Waals surface area contributed by atoms with E-state index in [9.17, 15) is 0 Å². The van der Waals surface area contributed by atoms with Crippen molar-refractivity contribution in [2.75, 3.05) is 11.9 Å². The van der Waals surface area contributed by atoms with Crippen molar-refractivity contribution < 1.29 is 4.74 Å². The van der Waals surface area contributed by atoms with Gasteiger partial charge in [-0.3, -0.25) is 0 Å². The SMILES string of the molecule is CCOc1ccccc1NC(=S)NC(C)c1ccc(C)cc1C. The summed E-state index contributed by atoms with van der Waals surface area (Å²) in [5.41, 5.74) is 4.66. The van der Waals surface area contributed by atoms with E-state index in [0.29, 0.717) is 11.7 Å². The molecule has 0 radical (unpaired) electrons. The Morgan fingerprint density at radius 2 is 1.91 bits per heavy atom. The van der Waals surface area contributed by atoms with E-state index < -0.39 is 0 Å². The minimum absolute atomic E-state index is 0.134. The van der Waals surface area contributed by atoms with Gasteiger partial charge in [0.25, 0.3) is 0 Å². The highest BCUT2D eigenvalue weighted by Crippen LogP contribution is 2.24. The van der Waals surface area contributed by atoms with Crippen LogP contribution in [-0.4, -0.2) is 11.7 Å². The predicted octanol–water partition coefficient (Wildman–Crippen LogP) is 4.75. The zero-order valence-electron chi connectivity index (χ0n) is 14.1. The van der Waals surface area contributed by atoms with Crippen LogP contribution < -0.4 is 15.4 Å². The maximum atomic E-state index is 5.61. The van der Waals surface area contributed by atoms with Crippen molar-refractivity contribution in [1.82, 2.24) is 5.32 Å². The Morgan fingerprint density at radius 1 is 1.17 bits per heavy atom. The lowest BCUT2D eigenvalue weighted by atomic mass is 10.0. The number of aryl methyl sites for hydroxylation is 2. The third-order valence-electron chi connectivity index (χ3n) is 3.67. The number of hydrogen-bond donors (Lipinski definition) is 2. The number of thiocarbonyl (C=S) groups is 1. The van der Waals surface area contributed by atoms with Crippen molar-refractivity contribution in [2.45, 2.75) is 33.7 Å². The number of benzene rings is 2. The normalized spacial score (nSPS) is 11.7. The molecule has 0 aliphatic heterocycles. The molecule has 2 rings (SSSR count). The minimum Gasteiger partial charge on any atom is -0.492 e. The topological polar surface area (TPSA) is 33.3 Å². The molecule has 0 amide bonds. The molecular weight excluding hydrogens is 304 g/mol. The summed E-state index contributed by atoms with van der Waals surface area (Å²) in [6, 6.07) is 14.4. The van der Waals surface area contributed by atoms with Gasteiger partial charge in [0.1, 0.15) is 5.75 Å². The van der Waals surface area contributed by atoms with Crippen LogP contribution in [0.5, 0.6) is 5.75 Å². The maximum absolute atomic E-state index is 5.61. The van der Waals surface area contributed by atoms with Crippen LogP contribution in [0.4, 0.5) is 5.69 Å². The number of ether oxygens (including phenoxy) is 1. The predicted molar refractivity (Wildman–Crippen MR) is 101 cm³/mol. The van der Waals surface area contributed by atoms with Gasteiger partial charge in [-0.1, -0.05) is 35.9 Å². The summed E-state index contributed by atoms with van der Waals surface area (Å²) in [5.74, 6) is 0.804. The van der Waals surface area contributed by atoms with Crippen LogP contribution in [0.15, 0.2) is 42.5 Å². The number of hydrogen-bond acceptors (Lipinski definition) is 2. The summed E-state index contributed by atoms with van der Waals surface area (Å²) >= 11 is 5.45. The summed E-state index contributed by atoms with van der Waals surface area (Å²) in [4.78, 5) is 0. The molecule has 0 fully saturated rings. The number of anilines is 1. The monoisotopic (exact) mass is 328 g/mol. The molecule has 0 heterocycles. The van der Waals surface area contributed by atoms with Crippen molar-refractivity contribution in [3.8, 4) is 5.75 Å². The van der Waals surface area contributed by atoms with Gasteiger partial charge in [-0.25, -0.2) is 0 Å². The average molecular weight is 328 g/mol. The first-order valence-corrected chi connectivity index (χ1v) is 8.28. The summed E-state index contributed by atoms with van der Waals surface area (Å²) in [6.45, 7) is 8.93. The molecule has 1 unspecified atom stereocenters. The molecule has 0 aromatic heterocycles. The molecule has 2 aromatic carbocycles. The van der Waals surface area contributed by atoms with Crippen LogP contribution in [0.3, 0.4) is 0 Å². The minimum atomic E-state index is 0.134. The van der Waals surface area contributed by atoms with Gasteiger partial charge in [-0.15, -0.1) is 0 Å². The van der Waals surface area contributed by atoms with Crippen LogP contribution in [-0.2, 0) is 0 Å². The van der Waals surface area contributed by atoms with Crippen molar-refractivity contribution in [3.05, 3.63) is 59.2 Å². The first kappa shape index (κ1) is 17.3. The van der Waals surface area contributed by atoms with Gasteiger partial charge in [0.05, 0.1) is 18.3 Å². The highest BCUT2D eigenvalue weighted by Gasteiger charge is 2.11. The van der Waals surface area contributed by atoms with Gasteiger partial charge in [0.2, 0.25) is 0 Å². The van der Waals surface area contributed by atoms with E-state index in [1.54, 1.807) is 0 Å². The Labute approximate surface area is 144 Å². The molecule has 2 N–H and O–H groups in total. The van der Waals surface area contributed by atoms with Crippen LogP contribution in [0.2, 0.25) is 0 Å². The summed E-state index contributed by atoms with van der Waals surface area (Å²) in [5, 5.41) is 7.15. The molecule has 1 atom stereocenters. The molecule has 2 aromatic rings. The summed E-state index contributed by atoms with van der Waals surface area (Å²) in [6.07, 6.45) is 0. The first-order valence-electron chi connectivity index (χ1n) is 7.87. The first-order chi connectivity index (χ1) is 11.0. The van der Waals surface area contributed by atoms with E-state index in [1.165, 1.54) is 16.7 Å². The van der Waals surface area contributed by atoms with Crippen molar-refractivity contribution >= 4 is 23.0 Å². The molecular formula is C19H24N2OS. The highest BCUT2D eigenvalue weighted by atomic mass is 32.1. The van der Waals surface area contributed by atoms with E-state index in [-0.39, 0.29) is 6.04 Å². The van der Waals surface area contributed by atoms with Crippen LogP contribution >= 0.6 is 12.2 Å². The van der Waals surface area contributed by atoms with E-state index in [0.717, 1.165) is 11.4 Å². The Morgan fingerprint density at radius 3 is 2.61 bits per heavy atom. The third kappa shape index (κ3) is 4.70. The fraction of sp³-hybridized carbons (Fsp3) is 0.316. The summed E-state index contributed by atoms with van der Waals surface area (Å²) in [7, 11) is 0. The van der Waals surface area contributed by atoms with E-state index >= 15 is 0 Å². The smallest absolute Gasteiger partial charge is 0.171 e. The van der Waals surface area contributed by atoms with Gasteiger partial charge in [0.15, 0.2) is 5.11 Å².